The summed E-state index contributed by atoms with van der Waals surface area (Å²) in [6.07, 6.45) is 2.52. The maximum absolute atomic E-state index is 9.14. The van der Waals surface area contributed by atoms with Crippen LogP contribution in [-0.4, -0.2) is 12.7 Å². The summed E-state index contributed by atoms with van der Waals surface area (Å²) in [5.74, 6) is 0. The van der Waals surface area contributed by atoms with E-state index in [1.165, 1.54) is 11.6 Å². The number of hydrogen-bond donors (Lipinski definition) is 0. The van der Waals surface area contributed by atoms with Crippen molar-refractivity contribution >= 4 is 18.0 Å². The molecule has 0 aliphatic rings. The SMILES string of the molecule is CSB=O. The fourth-order valence-electron chi connectivity index (χ4n) is 0. The van der Waals surface area contributed by atoms with Crippen molar-refractivity contribution in [2.45, 2.75) is 0 Å². The molecule has 0 aliphatic heterocycles. The molecular weight excluding hydrogens is 70.9 g/mol. The van der Waals surface area contributed by atoms with Crippen LogP contribution in [0.1, 0.15) is 0 Å². The van der Waals surface area contributed by atoms with Crippen molar-refractivity contribution in [1.82, 2.24) is 0 Å². The third-order valence-electron chi connectivity index (χ3n) is 0.0962. The standard InChI is InChI=1S/CH3BOS/c1-4-2-3/h1H3. The third kappa shape index (κ3) is 2.21. The van der Waals surface area contributed by atoms with Crippen LogP contribution in [0, 0.1) is 0 Å². The quantitative estimate of drug-likeness (QED) is 0.416. The van der Waals surface area contributed by atoms with Crippen LogP contribution in [0.3, 0.4) is 0 Å². The van der Waals surface area contributed by atoms with Gasteiger partial charge in [-0.3, -0.25) is 0 Å². The Labute approximate surface area is 29.9 Å². The van der Waals surface area contributed by atoms with Gasteiger partial charge in [-0.25, -0.2) is 0 Å². The monoisotopic (exact) mass is 74.0 g/mol. The second-order valence-corrected chi connectivity index (χ2v) is 0.996. The van der Waals surface area contributed by atoms with Gasteiger partial charge in [0.25, 0.3) is 0 Å². The van der Waals surface area contributed by atoms with Gasteiger partial charge in [0.1, 0.15) is 0 Å². The van der Waals surface area contributed by atoms with Crippen molar-refractivity contribution in [2.24, 2.45) is 0 Å². The fourth-order valence-corrected chi connectivity index (χ4v) is 0. The Morgan fingerprint density at radius 1 is 2.00 bits per heavy atom. The first-order valence-corrected chi connectivity index (χ1v) is 2.17. The van der Waals surface area contributed by atoms with Crippen molar-refractivity contribution in [3.05, 3.63) is 0 Å². The van der Waals surface area contributed by atoms with E-state index >= 15 is 0 Å². The fraction of sp³-hybridized carbons (Fsp3) is 1.00. The van der Waals surface area contributed by atoms with Crippen LogP contribution in [0.25, 0.3) is 0 Å². The summed E-state index contributed by atoms with van der Waals surface area (Å²) in [7, 11) is 0. The van der Waals surface area contributed by atoms with E-state index in [1.54, 1.807) is 6.26 Å². The first-order valence-electron chi connectivity index (χ1n) is 0.880. The molecular formula is CH3BOS. The Morgan fingerprint density at radius 2 is 2.25 bits per heavy atom. The molecule has 4 heavy (non-hydrogen) atoms. The van der Waals surface area contributed by atoms with Crippen molar-refractivity contribution in [3.63, 3.8) is 0 Å². The average Bonchev–Trinajstić information content (AvgIpc) is 1.37. The van der Waals surface area contributed by atoms with Crippen LogP contribution < -0.4 is 0 Å². The van der Waals surface area contributed by atoms with Crippen molar-refractivity contribution in [2.75, 3.05) is 6.26 Å². The molecule has 1 nitrogen and oxygen atoms in total. The van der Waals surface area contributed by atoms with Crippen molar-refractivity contribution in [1.29, 1.82) is 0 Å². The zero-order valence-corrected chi connectivity index (χ0v) is 3.21. The molecule has 0 aromatic rings. The van der Waals surface area contributed by atoms with Crippen LogP contribution >= 0.6 is 11.6 Å². The van der Waals surface area contributed by atoms with Crippen LogP contribution in [0.2, 0.25) is 0 Å². The number of hydrogen-bond acceptors (Lipinski definition) is 2. The zero-order chi connectivity index (χ0) is 3.41. The summed E-state index contributed by atoms with van der Waals surface area (Å²) in [6.45, 7) is 0. The summed E-state index contributed by atoms with van der Waals surface area (Å²) in [4.78, 5) is 0. The van der Waals surface area contributed by atoms with E-state index in [0.717, 1.165) is 6.43 Å². The van der Waals surface area contributed by atoms with E-state index in [2.05, 4.69) is 0 Å². The molecule has 0 aliphatic carbocycles. The summed E-state index contributed by atoms with van der Waals surface area (Å²) in [6, 6.07) is 0. The van der Waals surface area contributed by atoms with Gasteiger partial charge in [-0.15, -0.1) is 0 Å². The van der Waals surface area contributed by atoms with Gasteiger partial charge in [-0.05, 0) is 0 Å². The molecule has 0 spiro atoms. The zero-order valence-electron chi connectivity index (χ0n) is 2.39. The molecule has 22 valence electrons. The molecule has 0 unspecified atom stereocenters. The van der Waals surface area contributed by atoms with Crippen molar-refractivity contribution in [3.8, 4) is 0 Å². The van der Waals surface area contributed by atoms with Gasteiger partial charge < -0.3 is 0 Å². The molecule has 0 aromatic carbocycles. The second kappa shape index (κ2) is 3.21. The molecule has 0 atom stereocenters. The molecule has 0 heterocycles. The van der Waals surface area contributed by atoms with E-state index in [-0.39, 0.29) is 0 Å². The number of rotatable bonds is 1. The molecule has 0 saturated carbocycles. The van der Waals surface area contributed by atoms with Gasteiger partial charge in [-0.2, -0.15) is 0 Å². The van der Waals surface area contributed by atoms with E-state index < -0.39 is 0 Å². The Morgan fingerprint density at radius 3 is 2.25 bits per heavy atom. The predicted molar refractivity (Wildman–Crippen MR) is 20.0 cm³/mol. The summed E-state index contributed by atoms with van der Waals surface area (Å²) in [5.41, 5.74) is 0. The van der Waals surface area contributed by atoms with Crippen molar-refractivity contribution < 1.29 is 4.70 Å². The molecule has 0 radical (unpaired) electrons. The average molecular weight is 73.9 g/mol. The molecule has 0 aromatic heterocycles. The Hall–Kier alpha value is 0.215. The molecule has 0 amide bonds. The first kappa shape index (κ1) is 4.21. The molecule has 0 bridgehead atoms. The van der Waals surface area contributed by atoms with E-state index in [0.29, 0.717) is 0 Å². The second-order valence-electron chi connectivity index (χ2n) is 0.332. The summed E-state index contributed by atoms with van der Waals surface area (Å²) < 4.78 is 9.14. The van der Waals surface area contributed by atoms with E-state index in [9.17, 15) is 0 Å². The minimum absolute atomic E-state index is 0.792. The van der Waals surface area contributed by atoms with Crippen LogP contribution in [-0.2, 0) is 4.70 Å². The molecule has 0 saturated heterocycles. The predicted octanol–water partition coefficient (Wildman–Crippen LogP) is 0.314. The normalized spacial score (nSPS) is 5.25. The Balaban J connectivity index is 2.30. The summed E-state index contributed by atoms with van der Waals surface area (Å²) in [5, 5.41) is 0. The Bertz CT molecular complexity index is 22.0. The minimum atomic E-state index is 0.792. The van der Waals surface area contributed by atoms with Crippen LogP contribution in [0.5, 0.6) is 0 Å². The van der Waals surface area contributed by atoms with Gasteiger partial charge in [0, 0.05) is 0 Å². The molecule has 0 rings (SSSR count). The van der Waals surface area contributed by atoms with Gasteiger partial charge in [-0.1, -0.05) is 0 Å². The molecule has 3 heteroatoms. The Kier molecular flexibility index (Phi) is 3.39. The summed E-state index contributed by atoms with van der Waals surface area (Å²) >= 11 is 1.18. The topological polar surface area (TPSA) is 17.1 Å². The van der Waals surface area contributed by atoms with Crippen LogP contribution in [0.4, 0.5) is 0 Å². The first-order chi connectivity index (χ1) is 1.91. The maximum atomic E-state index is 9.14. The van der Waals surface area contributed by atoms with E-state index in [4.69, 9.17) is 4.70 Å². The van der Waals surface area contributed by atoms with Crippen LogP contribution in [0.15, 0.2) is 0 Å². The third-order valence-corrected chi connectivity index (χ3v) is 0.289. The van der Waals surface area contributed by atoms with Gasteiger partial charge in [0.2, 0.25) is 0 Å². The molecule has 0 fully saturated rings. The van der Waals surface area contributed by atoms with Gasteiger partial charge >= 0.3 is 29.0 Å². The van der Waals surface area contributed by atoms with E-state index in [1.807, 2.05) is 0 Å². The van der Waals surface area contributed by atoms with Gasteiger partial charge in [0.15, 0.2) is 0 Å². The molecule has 0 N–H and O–H groups in total. The van der Waals surface area contributed by atoms with Gasteiger partial charge in [0.05, 0.1) is 0 Å².